The van der Waals surface area contributed by atoms with Gasteiger partial charge in [0.2, 0.25) is 0 Å². The Labute approximate surface area is 131 Å². The Hall–Kier alpha value is -2.12. The molecular formula is C15H20N4O2S. The molecule has 0 unspecified atom stereocenters. The van der Waals surface area contributed by atoms with Crippen molar-refractivity contribution in [2.75, 3.05) is 19.8 Å². The maximum atomic E-state index is 12.1. The molecule has 1 aromatic heterocycles. The van der Waals surface area contributed by atoms with E-state index in [0.29, 0.717) is 11.4 Å². The summed E-state index contributed by atoms with van der Waals surface area (Å²) in [6.45, 7) is 3.91. The van der Waals surface area contributed by atoms with E-state index in [1.165, 1.54) is 26.6 Å². The fourth-order valence-corrected chi connectivity index (χ4v) is 2.91. The highest BCUT2D eigenvalue weighted by molar-refractivity contribution is 7.87. The first kappa shape index (κ1) is 16.3. The molecule has 0 bridgehead atoms. The van der Waals surface area contributed by atoms with Crippen molar-refractivity contribution in [3.8, 4) is 0 Å². The maximum absolute atomic E-state index is 12.1. The number of anilines is 1. The van der Waals surface area contributed by atoms with Crippen LogP contribution in [-0.4, -0.2) is 35.8 Å². The summed E-state index contributed by atoms with van der Waals surface area (Å²) in [5.41, 5.74) is 9.89. The molecule has 1 aromatic carbocycles. The number of rotatable bonds is 4. The van der Waals surface area contributed by atoms with Gasteiger partial charge in [0.15, 0.2) is 0 Å². The van der Waals surface area contributed by atoms with Crippen molar-refractivity contribution >= 4 is 21.5 Å². The van der Waals surface area contributed by atoms with Crippen LogP contribution in [0.25, 0.3) is 5.57 Å². The van der Waals surface area contributed by atoms with Gasteiger partial charge in [-0.3, -0.25) is 0 Å². The Bertz CT molecular complexity index is 816. The number of hydrogen-bond donors (Lipinski definition) is 1. The molecule has 2 aromatic rings. The predicted octanol–water partition coefficient (Wildman–Crippen LogP) is 1.96. The van der Waals surface area contributed by atoms with Crippen LogP contribution in [0.4, 0.5) is 5.69 Å². The number of nitrogens with zero attached hydrogens (tertiary/aromatic N) is 3. The van der Waals surface area contributed by atoms with Crippen molar-refractivity contribution < 1.29 is 8.42 Å². The molecule has 0 radical (unpaired) electrons. The van der Waals surface area contributed by atoms with Crippen LogP contribution in [0.1, 0.15) is 25.1 Å². The zero-order valence-electron chi connectivity index (χ0n) is 13.1. The van der Waals surface area contributed by atoms with Gasteiger partial charge in [-0.25, -0.2) is 8.96 Å². The molecule has 2 rings (SSSR count). The van der Waals surface area contributed by atoms with Gasteiger partial charge in [-0.2, -0.15) is 12.7 Å². The molecule has 0 saturated carbocycles. The van der Waals surface area contributed by atoms with E-state index in [0.717, 1.165) is 25.0 Å². The average molecular weight is 320 g/mol. The molecule has 118 valence electrons. The Morgan fingerprint density at radius 2 is 1.95 bits per heavy atom. The van der Waals surface area contributed by atoms with Gasteiger partial charge in [0.1, 0.15) is 6.33 Å². The summed E-state index contributed by atoms with van der Waals surface area (Å²) in [5.74, 6) is 0. The van der Waals surface area contributed by atoms with E-state index in [-0.39, 0.29) is 0 Å². The Morgan fingerprint density at radius 3 is 2.50 bits per heavy atom. The normalized spacial score (nSPS) is 11.7. The topological polar surface area (TPSA) is 81.2 Å². The molecule has 0 aliphatic rings. The van der Waals surface area contributed by atoms with E-state index in [4.69, 9.17) is 5.73 Å². The van der Waals surface area contributed by atoms with Crippen LogP contribution in [-0.2, 0) is 10.2 Å². The number of allylic oxidation sites excluding steroid dienone is 1. The maximum Gasteiger partial charge on any atom is 0.308 e. The number of nitrogens with two attached hydrogens (primary N) is 1. The van der Waals surface area contributed by atoms with E-state index in [1.807, 2.05) is 32.0 Å². The molecule has 0 aliphatic carbocycles. The molecule has 0 atom stereocenters. The first-order valence-electron chi connectivity index (χ1n) is 6.74. The third-order valence-electron chi connectivity index (χ3n) is 3.22. The van der Waals surface area contributed by atoms with Crippen molar-refractivity contribution in [1.82, 2.24) is 13.3 Å². The molecule has 1 heterocycles. The van der Waals surface area contributed by atoms with Crippen LogP contribution in [0.15, 0.2) is 42.4 Å². The smallest absolute Gasteiger partial charge is 0.308 e. The van der Waals surface area contributed by atoms with Crippen molar-refractivity contribution in [2.24, 2.45) is 0 Å². The number of aromatic nitrogens is 2. The molecule has 0 saturated heterocycles. The highest BCUT2D eigenvalue weighted by Gasteiger charge is 2.18. The lowest BCUT2D eigenvalue weighted by Crippen LogP contribution is -2.27. The van der Waals surface area contributed by atoms with Crippen LogP contribution in [0.5, 0.6) is 0 Å². The first-order chi connectivity index (χ1) is 10.2. The van der Waals surface area contributed by atoms with Crippen molar-refractivity contribution in [1.29, 1.82) is 0 Å². The fraction of sp³-hybridized carbons (Fsp3) is 0.267. The van der Waals surface area contributed by atoms with Gasteiger partial charge in [0, 0.05) is 31.6 Å². The largest absolute Gasteiger partial charge is 0.399 e. The fourth-order valence-electron chi connectivity index (χ4n) is 2.14. The summed E-state index contributed by atoms with van der Waals surface area (Å²) < 4.78 is 26.5. The van der Waals surface area contributed by atoms with Gasteiger partial charge in [-0.1, -0.05) is 17.7 Å². The molecule has 0 fully saturated rings. The second kappa shape index (κ2) is 5.94. The highest BCUT2D eigenvalue weighted by Crippen LogP contribution is 2.27. The second-order valence-electron chi connectivity index (χ2n) is 5.38. The van der Waals surface area contributed by atoms with Gasteiger partial charge < -0.3 is 5.73 Å². The monoisotopic (exact) mass is 320 g/mol. The highest BCUT2D eigenvalue weighted by atomic mass is 32.2. The summed E-state index contributed by atoms with van der Waals surface area (Å²) in [5, 5.41) is 0. The molecule has 0 aliphatic heterocycles. The average Bonchev–Trinajstić information content (AvgIpc) is 2.88. The minimum absolute atomic E-state index is 0.594. The molecule has 7 heteroatoms. The van der Waals surface area contributed by atoms with Crippen LogP contribution in [0.2, 0.25) is 0 Å². The van der Waals surface area contributed by atoms with Crippen molar-refractivity contribution in [3.05, 3.63) is 53.6 Å². The molecular weight excluding hydrogens is 300 g/mol. The van der Waals surface area contributed by atoms with Crippen LogP contribution in [0.3, 0.4) is 0 Å². The van der Waals surface area contributed by atoms with E-state index in [9.17, 15) is 8.42 Å². The standard InChI is InChI=1S/C15H20N4O2S/c1-11(2)15(12-6-5-7-13(16)8-12)14-9-19(10-17-14)22(20,21)18(3)4/h5-10H,16H2,1-4H3. The number of hydrogen-bond acceptors (Lipinski definition) is 4. The lowest BCUT2D eigenvalue weighted by atomic mass is 9.98. The van der Waals surface area contributed by atoms with Gasteiger partial charge in [0.25, 0.3) is 0 Å². The minimum Gasteiger partial charge on any atom is -0.399 e. The summed E-state index contributed by atoms with van der Waals surface area (Å²) in [7, 11) is -0.604. The molecule has 6 nitrogen and oxygen atoms in total. The zero-order valence-corrected chi connectivity index (χ0v) is 13.9. The van der Waals surface area contributed by atoms with Gasteiger partial charge in [0.05, 0.1) is 5.69 Å². The van der Waals surface area contributed by atoms with Crippen molar-refractivity contribution in [3.63, 3.8) is 0 Å². The van der Waals surface area contributed by atoms with E-state index >= 15 is 0 Å². The van der Waals surface area contributed by atoms with Gasteiger partial charge >= 0.3 is 10.2 Å². The van der Waals surface area contributed by atoms with E-state index < -0.39 is 10.2 Å². The lowest BCUT2D eigenvalue weighted by Gasteiger charge is -2.11. The van der Waals surface area contributed by atoms with E-state index in [2.05, 4.69) is 4.98 Å². The quantitative estimate of drug-likeness (QED) is 0.873. The third-order valence-corrected chi connectivity index (χ3v) is 4.87. The Balaban J connectivity index is 2.54. The van der Waals surface area contributed by atoms with Gasteiger partial charge in [-0.15, -0.1) is 0 Å². The van der Waals surface area contributed by atoms with Crippen LogP contribution >= 0.6 is 0 Å². The number of benzene rings is 1. The summed E-state index contributed by atoms with van der Waals surface area (Å²) in [4.78, 5) is 4.25. The van der Waals surface area contributed by atoms with Crippen LogP contribution < -0.4 is 5.73 Å². The summed E-state index contributed by atoms with van der Waals surface area (Å²) in [6, 6.07) is 7.45. The summed E-state index contributed by atoms with van der Waals surface area (Å²) in [6.07, 6.45) is 2.82. The zero-order chi connectivity index (χ0) is 16.5. The minimum atomic E-state index is -3.57. The predicted molar refractivity (Wildman–Crippen MR) is 88.5 cm³/mol. The van der Waals surface area contributed by atoms with Gasteiger partial charge in [-0.05, 0) is 31.5 Å². The van der Waals surface area contributed by atoms with Crippen molar-refractivity contribution in [2.45, 2.75) is 13.8 Å². The lowest BCUT2D eigenvalue weighted by molar-refractivity contribution is 0.510. The second-order valence-corrected chi connectivity index (χ2v) is 7.43. The third kappa shape index (κ3) is 3.05. The molecule has 0 spiro atoms. The Morgan fingerprint density at radius 1 is 1.27 bits per heavy atom. The molecule has 22 heavy (non-hydrogen) atoms. The Kier molecular flexibility index (Phi) is 4.39. The first-order valence-corrected chi connectivity index (χ1v) is 8.14. The van der Waals surface area contributed by atoms with Crippen LogP contribution in [0, 0.1) is 0 Å². The molecule has 0 amide bonds. The number of nitrogen functional groups attached to an aromatic ring is 1. The summed E-state index contributed by atoms with van der Waals surface area (Å²) >= 11 is 0. The van der Waals surface area contributed by atoms with E-state index in [1.54, 1.807) is 6.07 Å². The number of imidazole rings is 1. The SMILES string of the molecule is CC(C)=C(c1cccc(N)c1)c1cn(S(=O)(=O)N(C)C)cn1. The molecule has 2 N–H and O–H groups in total.